The summed E-state index contributed by atoms with van der Waals surface area (Å²) in [5, 5.41) is 3.29. The molecule has 1 atom stereocenters. The van der Waals surface area contributed by atoms with E-state index < -0.39 is 0 Å². The first-order valence-electron chi connectivity index (χ1n) is 6.60. The first-order chi connectivity index (χ1) is 9.11. The molecule has 1 unspecified atom stereocenters. The molecule has 1 saturated carbocycles. The van der Waals surface area contributed by atoms with Crippen molar-refractivity contribution in [3.05, 3.63) is 22.8 Å². The summed E-state index contributed by atoms with van der Waals surface area (Å²) in [6, 6.07) is 4.07. The lowest BCUT2D eigenvalue weighted by Crippen LogP contribution is -2.37. The number of carbonyl (C=O) groups excluding carboxylic acids is 1. The van der Waals surface area contributed by atoms with Crippen LogP contribution in [-0.2, 0) is 0 Å². The van der Waals surface area contributed by atoms with Gasteiger partial charge in [0, 0.05) is 30.7 Å². The molecular weight excluding hydrogens is 264 g/mol. The van der Waals surface area contributed by atoms with Crippen molar-refractivity contribution < 1.29 is 4.79 Å². The molecule has 6 heteroatoms. The lowest BCUT2D eigenvalue weighted by molar-refractivity contribution is 0.0937. The molecule has 1 aliphatic heterocycles. The largest absolute Gasteiger partial charge is 0.384 e. The Kier molecular flexibility index (Phi) is 3.33. The molecule has 0 spiro atoms. The molecule has 1 aromatic rings. The number of amides is 1. The highest BCUT2D eigenvalue weighted by atomic mass is 35.5. The molecule has 102 valence electrons. The maximum Gasteiger partial charge on any atom is 0.251 e. The van der Waals surface area contributed by atoms with E-state index in [1.165, 1.54) is 12.8 Å². The number of aromatic nitrogens is 1. The number of rotatable bonds is 3. The van der Waals surface area contributed by atoms with Crippen LogP contribution in [0.5, 0.6) is 0 Å². The fourth-order valence-corrected chi connectivity index (χ4v) is 2.81. The monoisotopic (exact) mass is 280 g/mol. The van der Waals surface area contributed by atoms with E-state index in [2.05, 4.69) is 15.2 Å². The van der Waals surface area contributed by atoms with E-state index in [4.69, 9.17) is 17.3 Å². The van der Waals surface area contributed by atoms with Gasteiger partial charge in [0.25, 0.3) is 5.91 Å². The zero-order valence-corrected chi connectivity index (χ0v) is 11.4. The van der Waals surface area contributed by atoms with Gasteiger partial charge < -0.3 is 11.1 Å². The van der Waals surface area contributed by atoms with Gasteiger partial charge in [0.05, 0.1) is 0 Å². The van der Waals surface area contributed by atoms with Gasteiger partial charge in [-0.2, -0.15) is 0 Å². The first-order valence-corrected chi connectivity index (χ1v) is 6.97. The fraction of sp³-hybridized carbons (Fsp3) is 0.538. The number of halogens is 1. The minimum absolute atomic E-state index is 0.126. The number of anilines is 1. The molecule has 2 aliphatic rings. The van der Waals surface area contributed by atoms with Crippen LogP contribution in [0.1, 0.15) is 29.6 Å². The van der Waals surface area contributed by atoms with Gasteiger partial charge in [-0.1, -0.05) is 11.6 Å². The van der Waals surface area contributed by atoms with Crippen molar-refractivity contribution in [2.24, 2.45) is 0 Å². The number of hydrogen-bond donors (Lipinski definition) is 2. The Morgan fingerprint density at radius 3 is 2.89 bits per heavy atom. The van der Waals surface area contributed by atoms with Crippen LogP contribution in [0.25, 0.3) is 0 Å². The fourth-order valence-electron chi connectivity index (χ4n) is 2.59. The van der Waals surface area contributed by atoms with Crippen molar-refractivity contribution in [3.8, 4) is 0 Å². The summed E-state index contributed by atoms with van der Waals surface area (Å²) in [5.74, 6) is 0.141. The molecule has 0 aromatic carbocycles. The van der Waals surface area contributed by atoms with Crippen LogP contribution in [0, 0.1) is 0 Å². The zero-order valence-electron chi connectivity index (χ0n) is 10.6. The second kappa shape index (κ2) is 4.98. The van der Waals surface area contributed by atoms with E-state index >= 15 is 0 Å². The Balaban J connectivity index is 1.61. The van der Waals surface area contributed by atoms with Gasteiger partial charge in [-0.3, -0.25) is 9.69 Å². The number of likely N-dealkylation sites (tertiary alicyclic amines) is 1. The number of pyridine rings is 1. The summed E-state index contributed by atoms with van der Waals surface area (Å²) in [7, 11) is 0. The molecule has 1 aliphatic carbocycles. The molecule has 1 saturated heterocycles. The molecule has 1 aromatic heterocycles. The second-order valence-corrected chi connectivity index (χ2v) is 5.68. The van der Waals surface area contributed by atoms with E-state index in [-0.39, 0.29) is 22.9 Å². The number of nitrogen functional groups attached to an aromatic ring is 1. The van der Waals surface area contributed by atoms with Gasteiger partial charge in [0.1, 0.15) is 11.0 Å². The molecule has 0 radical (unpaired) electrons. The number of nitrogens with zero attached hydrogens (tertiary/aromatic N) is 2. The maximum absolute atomic E-state index is 12.1. The Bertz CT molecular complexity index is 483. The average Bonchev–Trinajstić information content (AvgIpc) is 3.09. The van der Waals surface area contributed by atoms with Gasteiger partial charge in [0.15, 0.2) is 0 Å². The Morgan fingerprint density at radius 2 is 2.21 bits per heavy atom. The van der Waals surface area contributed by atoms with Crippen molar-refractivity contribution in [2.75, 3.05) is 18.8 Å². The minimum atomic E-state index is -0.126. The predicted molar refractivity (Wildman–Crippen MR) is 74.1 cm³/mol. The lowest BCUT2D eigenvalue weighted by Gasteiger charge is -2.15. The van der Waals surface area contributed by atoms with Crippen LogP contribution >= 0.6 is 11.6 Å². The summed E-state index contributed by atoms with van der Waals surface area (Å²) in [5.41, 5.74) is 6.07. The number of carbonyl (C=O) groups is 1. The van der Waals surface area contributed by atoms with Crippen LogP contribution in [0.2, 0.25) is 5.15 Å². The molecule has 0 bridgehead atoms. The van der Waals surface area contributed by atoms with E-state index in [9.17, 15) is 4.79 Å². The number of nitrogens with two attached hydrogens (primary N) is 1. The summed E-state index contributed by atoms with van der Waals surface area (Å²) < 4.78 is 0. The SMILES string of the molecule is Nc1cc(C(=O)NC2CCN(C3CC3)C2)cc(Cl)n1. The van der Waals surface area contributed by atoms with Crippen LogP contribution in [0.3, 0.4) is 0 Å². The highest BCUT2D eigenvalue weighted by molar-refractivity contribution is 6.29. The van der Waals surface area contributed by atoms with E-state index in [0.29, 0.717) is 5.56 Å². The number of nitrogens with one attached hydrogen (secondary N) is 1. The molecule has 1 amide bonds. The Hall–Kier alpha value is -1.33. The lowest BCUT2D eigenvalue weighted by atomic mass is 10.2. The van der Waals surface area contributed by atoms with Crippen LogP contribution in [-0.4, -0.2) is 41.0 Å². The van der Waals surface area contributed by atoms with Crippen LogP contribution in [0.4, 0.5) is 5.82 Å². The van der Waals surface area contributed by atoms with Crippen molar-refractivity contribution in [1.29, 1.82) is 0 Å². The third kappa shape index (κ3) is 2.98. The summed E-state index contributed by atoms with van der Waals surface area (Å²) >= 11 is 5.80. The van der Waals surface area contributed by atoms with Gasteiger partial charge in [-0.15, -0.1) is 0 Å². The van der Waals surface area contributed by atoms with Crippen molar-refractivity contribution >= 4 is 23.3 Å². The highest BCUT2D eigenvalue weighted by Gasteiger charge is 2.34. The highest BCUT2D eigenvalue weighted by Crippen LogP contribution is 2.29. The molecule has 5 nitrogen and oxygen atoms in total. The van der Waals surface area contributed by atoms with Gasteiger partial charge in [0.2, 0.25) is 0 Å². The van der Waals surface area contributed by atoms with Gasteiger partial charge >= 0.3 is 0 Å². The Morgan fingerprint density at radius 1 is 1.42 bits per heavy atom. The standard InChI is InChI=1S/C13H17ClN4O/c14-11-5-8(6-12(15)17-11)13(19)16-9-3-4-18(7-9)10-1-2-10/h5-6,9-10H,1-4,7H2,(H2,15,17)(H,16,19). The van der Waals surface area contributed by atoms with Crippen molar-refractivity contribution in [1.82, 2.24) is 15.2 Å². The first kappa shape index (κ1) is 12.7. The molecule has 2 fully saturated rings. The van der Waals surface area contributed by atoms with Gasteiger partial charge in [-0.25, -0.2) is 4.98 Å². The van der Waals surface area contributed by atoms with E-state index in [1.54, 1.807) is 12.1 Å². The number of hydrogen-bond acceptors (Lipinski definition) is 4. The smallest absolute Gasteiger partial charge is 0.251 e. The summed E-state index contributed by atoms with van der Waals surface area (Å²) in [6.07, 6.45) is 3.62. The normalized spacial score (nSPS) is 23.5. The molecule has 3 N–H and O–H groups in total. The van der Waals surface area contributed by atoms with Crippen molar-refractivity contribution in [3.63, 3.8) is 0 Å². The van der Waals surface area contributed by atoms with Crippen molar-refractivity contribution in [2.45, 2.75) is 31.3 Å². The topological polar surface area (TPSA) is 71.2 Å². The Labute approximate surface area is 117 Å². The van der Waals surface area contributed by atoms with E-state index in [0.717, 1.165) is 25.6 Å². The molecular formula is C13H17ClN4O. The zero-order chi connectivity index (χ0) is 13.4. The quantitative estimate of drug-likeness (QED) is 0.819. The third-order valence-corrected chi connectivity index (χ3v) is 3.89. The second-order valence-electron chi connectivity index (χ2n) is 5.29. The van der Waals surface area contributed by atoms with Crippen LogP contribution < -0.4 is 11.1 Å². The van der Waals surface area contributed by atoms with E-state index in [1.807, 2.05) is 0 Å². The molecule has 3 rings (SSSR count). The summed E-state index contributed by atoms with van der Waals surface area (Å²) in [6.45, 7) is 2.03. The molecule has 2 heterocycles. The third-order valence-electron chi connectivity index (χ3n) is 3.69. The maximum atomic E-state index is 12.1. The predicted octanol–water partition coefficient (Wildman–Crippen LogP) is 1.28. The van der Waals surface area contributed by atoms with Crippen LogP contribution in [0.15, 0.2) is 12.1 Å². The average molecular weight is 281 g/mol. The summed E-state index contributed by atoms with van der Waals surface area (Å²) in [4.78, 5) is 18.4. The van der Waals surface area contributed by atoms with Gasteiger partial charge in [-0.05, 0) is 31.4 Å². The molecule has 19 heavy (non-hydrogen) atoms. The minimum Gasteiger partial charge on any atom is -0.384 e.